The van der Waals surface area contributed by atoms with Gasteiger partial charge in [0.2, 0.25) is 11.8 Å². The van der Waals surface area contributed by atoms with Crippen LogP contribution in [0.25, 0.3) is 0 Å². The Morgan fingerprint density at radius 3 is 2.95 bits per heavy atom. The zero-order chi connectivity index (χ0) is 15.0. The molecule has 1 fully saturated rings. The molecule has 0 aromatic carbocycles. The van der Waals surface area contributed by atoms with Crippen molar-refractivity contribution in [3.63, 3.8) is 0 Å². The molecule has 1 saturated heterocycles. The molecule has 0 bridgehead atoms. The largest absolute Gasteiger partial charge is 0.355 e. The Morgan fingerprint density at radius 1 is 1.55 bits per heavy atom. The summed E-state index contributed by atoms with van der Waals surface area (Å²) in [6, 6.07) is 1.71. The van der Waals surface area contributed by atoms with E-state index in [1.807, 2.05) is 17.9 Å². The number of nitrogens with one attached hydrogen (secondary N) is 2. The molecule has 1 aliphatic rings. The van der Waals surface area contributed by atoms with E-state index >= 15 is 0 Å². The minimum atomic E-state index is -0.308. The van der Waals surface area contributed by atoms with Gasteiger partial charge in [-0.1, -0.05) is 0 Å². The fourth-order valence-electron chi connectivity index (χ4n) is 2.12. The summed E-state index contributed by atoms with van der Waals surface area (Å²) in [7, 11) is 1.68. The molecular formula is C13H23N5O2. The lowest BCUT2D eigenvalue weighted by molar-refractivity contribution is -0.134. The molecule has 1 rings (SSSR count). The summed E-state index contributed by atoms with van der Waals surface area (Å²) >= 11 is 0. The van der Waals surface area contributed by atoms with E-state index in [4.69, 9.17) is 5.26 Å². The Hall–Kier alpha value is -1.65. The lowest BCUT2D eigenvalue weighted by atomic mass is 10.1. The van der Waals surface area contributed by atoms with Gasteiger partial charge in [0.25, 0.3) is 0 Å². The summed E-state index contributed by atoms with van der Waals surface area (Å²) in [4.78, 5) is 27.5. The van der Waals surface area contributed by atoms with Crippen LogP contribution >= 0.6 is 0 Å². The van der Waals surface area contributed by atoms with Crippen LogP contribution in [0.2, 0.25) is 0 Å². The van der Waals surface area contributed by atoms with Crippen molar-refractivity contribution >= 4 is 11.8 Å². The quantitative estimate of drug-likeness (QED) is 0.636. The summed E-state index contributed by atoms with van der Waals surface area (Å²) in [6.45, 7) is 5.09. The van der Waals surface area contributed by atoms with E-state index in [2.05, 4.69) is 10.6 Å². The number of nitrogens with zero attached hydrogens (tertiary/aromatic N) is 3. The maximum atomic E-state index is 12.1. The Kier molecular flexibility index (Phi) is 6.98. The molecule has 1 aliphatic heterocycles. The standard InChI is InChI=1S/C13H23N5O2/c1-3-16-13(20)11-9-15-6-8-18(11)10-12(19)17(2)7-4-5-14/h11,15H,3-4,6-10H2,1-2H3,(H,16,20). The molecule has 7 nitrogen and oxygen atoms in total. The molecule has 2 amide bonds. The third kappa shape index (κ3) is 4.79. The lowest BCUT2D eigenvalue weighted by Crippen LogP contribution is -2.59. The molecule has 0 radical (unpaired) electrons. The summed E-state index contributed by atoms with van der Waals surface area (Å²) < 4.78 is 0. The highest BCUT2D eigenvalue weighted by atomic mass is 16.2. The van der Waals surface area contributed by atoms with Crippen LogP contribution in [0.5, 0.6) is 0 Å². The summed E-state index contributed by atoms with van der Waals surface area (Å²) in [6.07, 6.45) is 0.323. The van der Waals surface area contributed by atoms with E-state index < -0.39 is 0 Å². The molecule has 112 valence electrons. The Balaban J connectivity index is 2.56. The van der Waals surface area contributed by atoms with E-state index in [9.17, 15) is 9.59 Å². The summed E-state index contributed by atoms with van der Waals surface area (Å²) in [5.74, 6) is -0.108. The zero-order valence-corrected chi connectivity index (χ0v) is 12.2. The number of amides is 2. The first-order chi connectivity index (χ1) is 9.60. The van der Waals surface area contributed by atoms with Crippen molar-refractivity contribution in [3.05, 3.63) is 0 Å². The van der Waals surface area contributed by atoms with Crippen LogP contribution in [0.4, 0.5) is 0 Å². The van der Waals surface area contributed by atoms with Gasteiger partial charge >= 0.3 is 0 Å². The second-order valence-corrected chi connectivity index (χ2v) is 4.81. The second-order valence-electron chi connectivity index (χ2n) is 4.81. The number of rotatable bonds is 6. The molecule has 0 spiro atoms. The van der Waals surface area contributed by atoms with Crippen LogP contribution in [0.15, 0.2) is 0 Å². The Morgan fingerprint density at radius 2 is 2.30 bits per heavy atom. The van der Waals surface area contributed by atoms with Gasteiger partial charge in [-0.05, 0) is 6.92 Å². The first kappa shape index (κ1) is 16.4. The van der Waals surface area contributed by atoms with Crippen LogP contribution in [0.3, 0.4) is 0 Å². The van der Waals surface area contributed by atoms with Gasteiger partial charge < -0.3 is 15.5 Å². The monoisotopic (exact) mass is 281 g/mol. The predicted molar refractivity (Wildman–Crippen MR) is 74.8 cm³/mol. The third-order valence-electron chi connectivity index (χ3n) is 3.33. The molecule has 1 unspecified atom stereocenters. The first-order valence-electron chi connectivity index (χ1n) is 6.93. The van der Waals surface area contributed by atoms with Gasteiger partial charge in [0.05, 0.1) is 19.0 Å². The zero-order valence-electron chi connectivity index (χ0n) is 12.2. The van der Waals surface area contributed by atoms with E-state index in [0.29, 0.717) is 32.6 Å². The highest BCUT2D eigenvalue weighted by molar-refractivity contribution is 5.84. The Labute approximate surface area is 119 Å². The van der Waals surface area contributed by atoms with Crippen LogP contribution in [-0.2, 0) is 9.59 Å². The number of hydrogen-bond donors (Lipinski definition) is 2. The topological polar surface area (TPSA) is 88.5 Å². The lowest BCUT2D eigenvalue weighted by Gasteiger charge is -2.35. The van der Waals surface area contributed by atoms with Crippen LogP contribution in [0, 0.1) is 11.3 Å². The molecule has 0 aliphatic carbocycles. The average molecular weight is 281 g/mol. The molecule has 2 N–H and O–H groups in total. The molecular weight excluding hydrogens is 258 g/mol. The van der Waals surface area contributed by atoms with Crippen molar-refractivity contribution in [3.8, 4) is 6.07 Å². The summed E-state index contributed by atoms with van der Waals surface area (Å²) in [5.41, 5.74) is 0. The smallest absolute Gasteiger partial charge is 0.238 e. The minimum Gasteiger partial charge on any atom is -0.355 e. The van der Waals surface area contributed by atoms with Gasteiger partial charge in [-0.3, -0.25) is 14.5 Å². The minimum absolute atomic E-state index is 0.0489. The van der Waals surface area contributed by atoms with Crippen molar-refractivity contribution < 1.29 is 9.59 Å². The molecule has 0 saturated carbocycles. The van der Waals surface area contributed by atoms with Crippen LogP contribution in [0.1, 0.15) is 13.3 Å². The molecule has 1 atom stereocenters. The Bertz CT molecular complexity index is 379. The van der Waals surface area contributed by atoms with Gasteiger partial charge in [0.15, 0.2) is 0 Å². The SMILES string of the molecule is CCNC(=O)C1CNCCN1CC(=O)N(C)CCC#N. The maximum absolute atomic E-state index is 12.1. The van der Waals surface area contributed by atoms with E-state index in [1.54, 1.807) is 11.9 Å². The van der Waals surface area contributed by atoms with Gasteiger partial charge in [-0.15, -0.1) is 0 Å². The highest BCUT2D eigenvalue weighted by Gasteiger charge is 2.30. The highest BCUT2D eigenvalue weighted by Crippen LogP contribution is 2.04. The molecule has 20 heavy (non-hydrogen) atoms. The fourth-order valence-corrected chi connectivity index (χ4v) is 2.12. The van der Waals surface area contributed by atoms with Gasteiger partial charge in [0.1, 0.15) is 6.04 Å². The van der Waals surface area contributed by atoms with Crippen molar-refractivity contribution in [1.82, 2.24) is 20.4 Å². The van der Waals surface area contributed by atoms with E-state index in [1.165, 1.54) is 0 Å². The average Bonchev–Trinajstić information content (AvgIpc) is 2.45. The van der Waals surface area contributed by atoms with Crippen molar-refractivity contribution in [2.75, 3.05) is 46.3 Å². The van der Waals surface area contributed by atoms with E-state index in [-0.39, 0.29) is 24.4 Å². The maximum Gasteiger partial charge on any atom is 0.238 e. The molecule has 7 heteroatoms. The van der Waals surface area contributed by atoms with Crippen molar-refractivity contribution in [2.24, 2.45) is 0 Å². The third-order valence-corrected chi connectivity index (χ3v) is 3.33. The number of carbonyl (C=O) groups is 2. The van der Waals surface area contributed by atoms with Crippen LogP contribution in [-0.4, -0.2) is 74.0 Å². The van der Waals surface area contributed by atoms with Gasteiger partial charge in [-0.25, -0.2) is 0 Å². The fraction of sp³-hybridized carbons (Fsp3) is 0.769. The normalized spacial score (nSPS) is 19.1. The number of nitriles is 1. The molecule has 0 aromatic rings. The van der Waals surface area contributed by atoms with E-state index in [0.717, 1.165) is 6.54 Å². The number of likely N-dealkylation sites (N-methyl/N-ethyl adjacent to an activating group) is 2. The molecule has 1 heterocycles. The number of piperazine rings is 1. The predicted octanol–water partition coefficient (Wildman–Crippen LogP) is -1.23. The van der Waals surface area contributed by atoms with Crippen molar-refractivity contribution in [1.29, 1.82) is 5.26 Å². The van der Waals surface area contributed by atoms with Crippen molar-refractivity contribution in [2.45, 2.75) is 19.4 Å². The van der Waals surface area contributed by atoms with Crippen LogP contribution < -0.4 is 10.6 Å². The second kappa shape index (κ2) is 8.51. The first-order valence-corrected chi connectivity index (χ1v) is 6.93. The van der Waals surface area contributed by atoms with Gasteiger partial charge in [-0.2, -0.15) is 5.26 Å². The summed E-state index contributed by atoms with van der Waals surface area (Å²) in [5, 5.41) is 14.5. The van der Waals surface area contributed by atoms with Gasteiger partial charge in [0, 0.05) is 39.8 Å². The number of hydrogen-bond acceptors (Lipinski definition) is 5. The number of carbonyl (C=O) groups excluding carboxylic acids is 2. The molecule has 0 aromatic heterocycles.